The molecule has 3 atom stereocenters. The second kappa shape index (κ2) is 13.0. The summed E-state index contributed by atoms with van der Waals surface area (Å²) in [6.45, 7) is 11.3. The Balaban J connectivity index is 1.96. The molecule has 200 valence electrons. The zero-order valence-electron chi connectivity index (χ0n) is 22.2. The highest BCUT2D eigenvalue weighted by molar-refractivity contribution is 9.10. The number of allylic oxidation sites excluding steroid dienone is 2. The van der Waals surface area contributed by atoms with Crippen LogP contribution >= 0.6 is 15.9 Å². The van der Waals surface area contributed by atoms with E-state index in [2.05, 4.69) is 22.5 Å². The Morgan fingerprint density at radius 2 is 1.76 bits per heavy atom. The highest BCUT2D eigenvalue weighted by atomic mass is 79.9. The molecule has 0 aromatic heterocycles. The van der Waals surface area contributed by atoms with Crippen molar-refractivity contribution in [2.45, 2.75) is 47.1 Å². The van der Waals surface area contributed by atoms with Crippen LogP contribution in [0.2, 0.25) is 0 Å². The van der Waals surface area contributed by atoms with Crippen molar-refractivity contribution < 1.29 is 28.7 Å². The van der Waals surface area contributed by atoms with Crippen molar-refractivity contribution in [1.82, 2.24) is 0 Å². The Morgan fingerprint density at radius 3 is 2.39 bits per heavy atom. The number of ketones is 3. The Labute approximate surface area is 232 Å². The molecule has 1 saturated carbocycles. The lowest BCUT2D eigenvalue weighted by atomic mass is 9.69. The van der Waals surface area contributed by atoms with Crippen molar-refractivity contribution in [1.29, 1.82) is 0 Å². The molecule has 0 aliphatic heterocycles. The number of ether oxygens (including phenoxy) is 2. The number of benzene rings is 2. The van der Waals surface area contributed by atoms with Gasteiger partial charge in [0.05, 0.1) is 11.1 Å². The number of carbonyl (C=O) groups is 4. The summed E-state index contributed by atoms with van der Waals surface area (Å²) < 4.78 is 12.2. The van der Waals surface area contributed by atoms with Gasteiger partial charge in [-0.2, -0.15) is 0 Å². The molecule has 38 heavy (non-hydrogen) atoms. The minimum absolute atomic E-state index is 0.0829. The Hall–Kier alpha value is -3.32. The molecule has 1 fully saturated rings. The van der Waals surface area contributed by atoms with Crippen molar-refractivity contribution in [3.8, 4) is 5.75 Å². The van der Waals surface area contributed by atoms with Crippen LogP contribution < -0.4 is 4.74 Å². The van der Waals surface area contributed by atoms with Gasteiger partial charge in [0.15, 0.2) is 17.3 Å². The smallest absolute Gasteiger partial charge is 0.338 e. The first-order valence-electron chi connectivity index (χ1n) is 12.5. The van der Waals surface area contributed by atoms with Crippen molar-refractivity contribution in [2.24, 2.45) is 17.8 Å². The maximum absolute atomic E-state index is 13.9. The minimum atomic E-state index is -1.42. The summed E-state index contributed by atoms with van der Waals surface area (Å²) in [5, 5.41) is 0. The number of halogens is 1. The van der Waals surface area contributed by atoms with E-state index >= 15 is 0 Å². The molecule has 0 N–H and O–H groups in total. The predicted molar refractivity (Wildman–Crippen MR) is 149 cm³/mol. The molecule has 0 amide bonds. The van der Waals surface area contributed by atoms with E-state index in [0.717, 1.165) is 15.6 Å². The molecule has 1 unspecified atom stereocenters. The molecule has 7 heteroatoms. The number of hydrogen-bond donors (Lipinski definition) is 0. The molecular formula is C31H33BrO6. The summed E-state index contributed by atoms with van der Waals surface area (Å²) in [5.41, 5.74) is 2.60. The highest BCUT2D eigenvalue weighted by Crippen LogP contribution is 2.36. The molecule has 0 spiro atoms. The average molecular weight is 582 g/mol. The summed E-state index contributed by atoms with van der Waals surface area (Å²) in [6.07, 6.45) is 2.59. The molecule has 2 aromatic rings. The fourth-order valence-corrected chi connectivity index (χ4v) is 4.74. The van der Waals surface area contributed by atoms with Gasteiger partial charge in [0.25, 0.3) is 0 Å². The standard InChI is InChI=1S/C31H33BrO6/c1-18(2)9-14-24-20(5)15-25(33)28(29(24)34)30(35)27-22(7-6-8-26(27)37-16-19(3)4)17-38-31(36)21-10-12-23(32)13-11-21/h6-13,20,24,28H,3,14-17H2,1-2,4-5H3/t20-,24+,28?/m1/s1. The predicted octanol–water partition coefficient (Wildman–Crippen LogP) is 6.71. The Morgan fingerprint density at radius 1 is 1.08 bits per heavy atom. The number of esters is 1. The van der Waals surface area contributed by atoms with Gasteiger partial charge in [0, 0.05) is 22.4 Å². The first-order chi connectivity index (χ1) is 18.0. The quantitative estimate of drug-likeness (QED) is 0.134. The van der Waals surface area contributed by atoms with Crippen LogP contribution in [0.5, 0.6) is 5.75 Å². The van der Waals surface area contributed by atoms with E-state index in [-0.39, 0.29) is 42.6 Å². The van der Waals surface area contributed by atoms with Crippen LogP contribution in [0.15, 0.2) is 70.7 Å². The van der Waals surface area contributed by atoms with Crippen molar-refractivity contribution in [3.63, 3.8) is 0 Å². The summed E-state index contributed by atoms with van der Waals surface area (Å²) in [5.74, 6) is -3.75. The van der Waals surface area contributed by atoms with Crippen LogP contribution in [-0.2, 0) is 20.9 Å². The molecule has 0 heterocycles. The van der Waals surface area contributed by atoms with Crippen molar-refractivity contribution in [3.05, 3.63) is 87.4 Å². The van der Waals surface area contributed by atoms with Gasteiger partial charge < -0.3 is 9.47 Å². The van der Waals surface area contributed by atoms with Gasteiger partial charge in [-0.05, 0) is 69.0 Å². The average Bonchev–Trinajstić information content (AvgIpc) is 2.85. The SMILES string of the molecule is C=C(C)COc1cccc(COC(=O)c2ccc(Br)cc2)c1C(=O)C1C(=O)C[C@@H](C)[C@H](CC=C(C)C)C1=O. The molecule has 3 rings (SSSR count). The van der Waals surface area contributed by atoms with Gasteiger partial charge in [0.1, 0.15) is 24.9 Å². The summed E-state index contributed by atoms with van der Waals surface area (Å²) in [4.78, 5) is 53.2. The van der Waals surface area contributed by atoms with Crippen LogP contribution in [0.3, 0.4) is 0 Å². The van der Waals surface area contributed by atoms with E-state index in [1.807, 2.05) is 26.8 Å². The van der Waals surface area contributed by atoms with Gasteiger partial charge in [0.2, 0.25) is 0 Å². The van der Waals surface area contributed by atoms with Crippen LogP contribution in [0, 0.1) is 17.8 Å². The summed E-state index contributed by atoms with van der Waals surface area (Å²) in [7, 11) is 0. The van der Waals surface area contributed by atoms with Gasteiger partial charge in [-0.3, -0.25) is 14.4 Å². The zero-order valence-corrected chi connectivity index (χ0v) is 23.8. The first-order valence-corrected chi connectivity index (χ1v) is 13.3. The van der Waals surface area contributed by atoms with E-state index in [1.165, 1.54) is 0 Å². The van der Waals surface area contributed by atoms with Crippen LogP contribution in [0.4, 0.5) is 0 Å². The molecule has 2 aromatic carbocycles. The van der Waals surface area contributed by atoms with E-state index in [9.17, 15) is 19.2 Å². The first kappa shape index (κ1) is 29.2. The van der Waals surface area contributed by atoms with Crippen LogP contribution in [-0.4, -0.2) is 29.9 Å². The molecule has 1 aliphatic carbocycles. The molecule has 0 saturated heterocycles. The normalized spacial score (nSPS) is 19.0. The summed E-state index contributed by atoms with van der Waals surface area (Å²) >= 11 is 3.33. The molecule has 6 nitrogen and oxygen atoms in total. The maximum atomic E-state index is 13.9. The minimum Gasteiger partial charge on any atom is -0.489 e. The maximum Gasteiger partial charge on any atom is 0.338 e. The van der Waals surface area contributed by atoms with E-state index in [4.69, 9.17) is 9.47 Å². The van der Waals surface area contributed by atoms with Crippen LogP contribution in [0.1, 0.15) is 66.8 Å². The second-order valence-electron chi connectivity index (χ2n) is 10.1. The largest absolute Gasteiger partial charge is 0.489 e. The third-order valence-corrected chi connectivity index (χ3v) is 7.02. The van der Waals surface area contributed by atoms with E-state index in [0.29, 0.717) is 17.5 Å². The fraction of sp³-hybridized carbons (Fsp3) is 0.355. The Bertz CT molecular complexity index is 1270. The van der Waals surface area contributed by atoms with Gasteiger partial charge >= 0.3 is 5.97 Å². The Kier molecular flexibility index (Phi) is 9.97. The highest BCUT2D eigenvalue weighted by Gasteiger charge is 2.45. The van der Waals surface area contributed by atoms with Crippen molar-refractivity contribution in [2.75, 3.05) is 6.61 Å². The third-order valence-electron chi connectivity index (χ3n) is 6.50. The fourth-order valence-electron chi connectivity index (χ4n) is 4.47. The summed E-state index contributed by atoms with van der Waals surface area (Å²) in [6, 6.07) is 11.6. The molecule has 0 radical (unpaired) electrons. The van der Waals surface area contributed by atoms with Gasteiger partial charge in [-0.15, -0.1) is 0 Å². The monoisotopic (exact) mass is 580 g/mol. The van der Waals surface area contributed by atoms with E-state index < -0.39 is 29.4 Å². The lowest BCUT2D eigenvalue weighted by Gasteiger charge is -2.31. The van der Waals surface area contributed by atoms with Crippen molar-refractivity contribution >= 4 is 39.2 Å². The number of Topliss-reactive ketones (excluding diaryl/α,β-unsaturated/α-hetero) is 3. The molecular weight excluding hydrogens is 548 g/mol. The molecule has 1 aliphatic rings. The lowest BCUT2D eigenvalue weighted by Crippen LogP contribution is -2.44. The zero-order chi connectivity index (χ0) is 28.0. The number of rotatable bonds is 10. The van der Waals surface area contributed by atoms with Gasteiger partial charge in [-0.25, -0.2) is 4.79 Å². The topological polar surface area (TPSA) is 86.7 Å². The lowest BCUT2D eigenvalue weighted by molar-refractivity contribution is -0.138. The molecule has 0 bridgehead atoms. The number of carbonyl (C=O) groups excluding carboxylic acids is 4. The second-order valence-corrected chi connectivity index (χ2v) is 11.0. The van der Waals surface area contributed by atoms with Gasteiger partial charge in [-0.1, -0.05) is 53.2 Å². The third kappa shape index (κ3) is 7.16. The van der Waals surface area contributed by atoms with E-state index in [1.54, 1.807) is 49.4 Å². The van der Waals surface area contributed by atoms with Crippen LogP contribution in [0.25, 0.3) is 0 Å². The number of hydrogen-bond acceptors (Lipinski definition) is 6.